The van der Waals surface area contributed by atoms with Crippen LogP contribution in [0.1, 0.15) is 29.8 Å². The minimum absolute atomic E-state index is 0.0566. The Hall–Kier alpha value is -4.11. The van der Waals surface area contributed by atoms with Gasteiger partial charge < -0.3 is 33.5 Å². The lowest BCUT2D eigenvalue weighted by molar-refractivity contribution is -0.392. The Balaban J connectivity index is 1.13. The number of anilines is 2. The molecule has 3 aliphatic rings. The van der Waals surface area contributed by atoms with E-state index in [9.17, 15) is 19.7 Å². The number of carbonyl (C=O) groups excluding carboxylic acids is 1. The maximum atomic E-state index is 15.5. The van der Waals surface area contributed by atoms with Crippen LogP contribution in [0, 0.1) is 29.8 Å². The number of carbonyl (C=O) groups is 1. The molecule has 0 amide bonds. The molecule has 5 heterocycles. The molecule has 3 aromatic rings. The van der Waals surface area contributed by atoms with Gasteiger partial charge in [0.2, 0.25) is 0 Å². The highest BCUT2D eigenvalue weighted by atomic mass is 32.2. The summed E-state index contributed by atoms with van der Waals surface area (Å²) in [5.41, 5.74) is 2.52. The second kappa shape index (κ2) is 10.9. The van der Waals surface area contributed by atoms with Crippen LogP contribution in [-0.2, 0) is 29.0 Å². The van der Waals surface area contributed by atoms with Crippen molar-refractivity contribution in [1.29, 1.82) is 0 Å². The van der Waals surface area contributed by atoms with E-state index >= 15 is 4.39 Å². The number of halogens is 1. The van der Waals surface area contributed by atoms with E-state index in [1.807, 2.05) is 22.8 Å². The quantitative estimate of drug-likeness (QED) is 0.213. The van der Waals surface area contributed by atoms with Gasteiger partial charge in [-0.25, -0.2) is 23.5 Å². The minimum atomic E-state index is -0.712. The predicted octanol–water partition coefficient (Wildman–Crippen LogP) is 3.33. The van der Waals surface area contributed by atoms with Crippen LogP contribution < -0.4 is 15.6 Å². The van der Waals surface area contributed by atoms with Crippen molar-refractivity contribution < 1.29 is 27.7 Å². The summed E-state index contributed by atoms with van der Waals surface area (Å²) in [4.78, 5) is 45.3. The Morgan fingerprint density at radius 3 is 2.64 bits per heavy atom. The molecule has 15 heteroatoms. The molecule has 0 spiro atoms. The van der Waals surface area contributed by atoms with Crippen LogP contribution in [-0.4, -0.2) is 63.5 Å². The van der Waals surface area contributed by atoms with E-state index in [1.54, 1.807) is 25.6 Å². The highest BCUT2D eigenvalue weighted by Gasteiger charge is 2.41. The molecule has 2 aromatic heterocycles. The fourth-order valence-electron chi connectivity index (χ4n) is 5.60. The first kappa shape index (κ1) is 28.0. The summed E-state index contributed by atoms with van der Waals surface area (Å²) in [7, 11) is 0. The summed E-state index contributed by atoms with van der Waals surface area (Å²) in [5.74, 6) is -0.339. The smallest absolute Gasteiger partial charge is 0.458 e. The summed E-state index contributed by atoms with van der Waals surface area (Å²) in [5, 5.41) is 12.1. The molecular formula is C27H29FN6O7S. The standard InChI is InChI=1S/C27H29FN6O7S/c1-15-23(41-27(36)40-15)14-30-4-6-31(7-5-30)22-12-21-18(11-20(22)28)10-19(25-33(21)17(3)42-25)26(35)39-9-8-32-16(2)29-13-24(32)34(37)38/h11-13,17H,4-10,14H2,1-3H3. The van der Waals surface area contributed by atoms with Crippen molar-refractivity contribution in [1.82, 2.24) is 14.5 Å². The first-order valence-corrected chi connectivity index (χ1v) is 14.4. The topological polar surface area (TPSA) is 140 Å². The summed E-state index contributed by atoms with van der Waals surface area (Å²) in [6.45, 7) is 8.34. The van der Waals surface area contributed by atoms with Crippen molar-refractivity contribution in [3.05, 3.63) is 78.4 Å². The third kappa shape index (κ3) is 5.06. The number of rotatable bonds is 8. The zero-order chi connectivity index (χ0) is 29.7. The molecule has 6 rings (SSSR count). The van der Waals surface area contributed by atoms with Crippen LogP contribution in [0.2, 0.25) is 0 Å². The predicted molar refractivity (Wildman–Crippen MR) is 151 cm³/mol. The third-order valence-corrected chi connectivity index (χ3v) is 9.05. The van der Waals surface area contributed by atoms with Gasteiger partial charge in [-0.3, -0.25) is 4.90 Å². The van der Waals surface area contributed by atoms with Gasteiger partial charge in [-0.1, -0.05) is 11.8 Å². The van der Waals surface area contributed by atoms with E-state index < -0.39 is 16.7 Å². The van der Waals surface area contributed by atoms with E-state index in [0.717, 1.165) is 10.7 Å². The van der Waals surface area contributed by atoms with Gasteiger partial charge in [0.25, 0.3) is 0 Å². The monoisotopic (exact) mass is 600 g/mol. The normalized spacial score (nSPS) is 18.5. The molecule has 0 N–H and O–H groups in total. The number of hydrogen-bond donors (Lipinski definition) is 0. The lowest BCUT2D eigenvalue weighted by Gasteiger charge is -2.47. The lowest BCUT2D eigenvalue weighted by Crippen LogP contribution is -2.47. The summed E-state index contributed by atoms with van der Waals surface area (Å²) in [6, 6.07) is 3.36. The molecule has 1 atom stereocenters. The number of nitro groups is 1. The molecule has 1 aromatic carbocycles. The zero-order valence-electron chi connectivity index (χ0n) is 23.3. The molecule has 0 radical (unpaired) electrons. The van der Waals surface area contributed by atoms with Crippen molar-refractivity contribution in [2.24, 2.45) is 0 Å². The molecule has 42 heavy (non-hydrogen) atoms. The van der Waals surface area contributed by atoms with Gasteiger partial charge in [-0.05, 0) is 36.5 Å². The van der Waals surface area contributed by atoms with E-state index in [1.165, 1.54) is 16.8 Å². The molecule has 222 valence electrons. The largest absolute Gasteiger partial charge is 0.519 e. The average molecular weight is 601 g/mol. The van der Waals surface area contributed by atoms with Gasteiger partial charge in [-0.2, -0.15) is 0 Å². The van der Waals surface area contributed by atoms with E-state index in [-0.39, 0.29) is 36.6 Å². The Morgan fingerprint density at radius 2 is 1.98 bits per heavy atom. The fourth-order valence-corrected chi connectivity index (χ4v) is 6.75. The summed E-state index contributed by atoms with van der Waals surface area (Å²) in [6.07, 6.45) is 1.40. The SMILES string of the molecule is Cc1oc(=O)oc1CN1CCN(c2cc3c(cc2F)CC(C(=O)OCCn2c([N+](=O)[O-])cnc2C)=C2SC(C)N23)CC1. The highest BCUT2D eigenvalue weighted by Crippen LogP contribution is 2.52. The number of nitrogens with zero attached hydrogens (tertiary/aromatic N) is 6. The minimum Gasteiger partial charge on any atom is -0.458 e. The molecule has 0 bridgehead atoms. The second-order valence-electron chi connectivity index (χ2n) is 10.4. The van der Waals surface area contributed by atoms with Gasteiger partial charge in [-0.15, -0.1) is 0 Å². The highest BCUT2D eigenvalue weighted by molar-refractivity contribution is 8.05. The second-order valence-corrected chi connectivity index (χ2v) is 11.7. The van der Waals surface area contributed by atoms with Crippen molar-refractivity contribution in [3.8, 4) is 0 Å². The van der Waals surface area contributed by atoms with Crippen molar-refractivity contribution in [3.63, 3.8) is 0 Å². The third-order valence-electron chi connectivity index (χ3n) is 7.83. The number of benzene rings is 1. The number of thioether (sulfide) groups is 1. The maximum absolute atomic E-state index is 15.5. The maximum Gasteiger partial charge on any atom is 0.519 e. The summed E-state index contributed by atoms with van der Waals surface area (Å²) >= 11 is 1.55. The number of piperazine rings is 1. The lowest BCUT2D eigenvalue weighted by atomic mass is 9.97. The number of ether oxygens (including phenoxy) is 1. The first-order chi connectivity index (χ1) is 20.1. The van der Waals surface area contributed by atoms with E-state index in [2.05, 4.69) is 9.88 Å². The van der Waals surface area contributed by atoms with Crippen LogP contribution in [0.15, 0.2) is 42.6 Å². The average Bonchev–Trinajstić information content (AvgIpc) is 3.47. The number of fused-ring (bicyclic) bond motifs is 3. The van der Waals surface area contributed by atoms with Crippen LogP contribution >= 0.6 is 11.8 Å². The van der Waals surface area contributed by atoms with Crippen LogP contribution in [0.25, 0.3) is 0 Å². The molecule has 1 unspecified atom stereocenters. The van der Waals surface area contributed by atoms with Crippen molar-refractivity contribution in [2.45, 2.75) is 45.7 Å². The molecule has 13 nitrogen and oxygen atoms in total. The zero-order valence-corrected chi connectivity index (χ0v) is 24.1. The molecule has 0 aliphatic carbocycles. The number of imidazole rings is 1. The van der Waals surface area contributed by atoms with Crippen molar-refractivity contribution in [2.75, 3.05) is 42.6 Å². The van der Waals surface area contributed by atoms with Crippen LogP contribution in [0.5, 0.6) is 0 Å². The Labute approximate surface area is 243 Å². The number of aromatic nitrogens is 2. The summed E-state index contributed by atoms with van der Waals surface area (Å²) < 4.78 is 32.5. The molecule has 0 saturated carbocycles. The number of hydrogen-bond acceptors (Lipinski definition) is 12. The van der Waals surface area contributed by atoms with Gasteiger partial charge in [0.1, 0.15) is 30.9 Å². The van der Waals surface area contributed by atoms with Gasteiger partial charge in [0, 0.05) is 45.2 Å². The Bertz CT molecular complexity index is 1650. The van der Waals surface area contributed by atoms with E-state index in [4.69, 9.17) is 13.6 Å². The molecular weight excluding hydrogens is 571 g/mol. The van der Waals surface area contributed by atoms with Gasteiger partial charge in [0.15, 0.2) is 11.6 Å². The van der Waals surface area contributed by atoms with E-state index in [0.29, 0.717) is 66.9 Å². The van der Waals surface area contributed by atoms with Gasteiger partial charge in [0.05, 0.1) is 28.2 Å². The molecule has 3 aliphatic heterocycles. The van der Waals surface area contributed by atoms with Crippen LogP contribution in [0.3, 0.4) is 0 Å². The molecule has 2 fully saturated rings. The fraction of sp³-hybridized carbons (Fsp3) is 0.444. The first-order valence-electron chi connectivity index (χ1n) is 13.5. The number of aryl methyl sites for hydroxylation is 2. The van der Waals surface area contributed by atoms with Crippen LogP contribution in [0.4, 0.5) is 21.6 Å². The van der Waals surface area contributed by atoms with Gasteiger partial charge >= 0.3 is 17.6 Å². The Morgan fingerprint density at radius 1 is 1.21 bits per heavy atom. The van der Waals surface area contributed by atoms with Crippen molar-refractivity contribution >= 4 is 34.9 Å². The number of esters is 1. The Kier molecular flexibility index (Phi) is 7.30. The molecule has 2 saturated heterocycles.